The molecule has 0 aliphatic rings. The maximum atomic E-state index is 10.3. The van der Waals surface area contributed by atoms with Crippen LogP contribution in [0.2, 0.25) is 0 Å². The van der Waals surface area contributed by atoms with E-state index in [1.54, 1.807) is 0 Å². The van der Waals surface area contributed by atoms with Crippen molar-refractivity contribution in [2.45, 2.75) is 5.75 Å². The topological polar surface area (TPSA) is 37.3 Å². The first-order valence-electron chi connectivity index (χ1n) is 4.24. The van der Waals surface area contributed by atoms with Crippen molar-refractivity contribution in [2.24, 2.45) is 0 Å². The fourth-order valence-corrected chi connectivity index (χ4v) is 2.64. The average Bonchev–Trinajstić information content (AvgIpc) is 2.25. The van der Waals surface area contributed by atoms with Crippen LogP contribution < -0.4 is 0 Å². The molecule has 0 unspecified atom stereocenters. The number of carbonyl (C=O) groups is 1. The molecule has 0 radical (unpaired) electrons. The van der Waals surface area contributed by atoms with Crippen molar-refractivity contribution in [3.8, 4) is 0 Å². The summed E-state index contributed by atoms with van der Waals surface area (Å²) in [6.45, 7) is 0. The van der Waals surface area contributed by atoms with E-state index in [0.29, 0.717) is 3.53 Å². The molecule has 1 aromatic rings. The highest BCUT2D eigenvalue weighted by molar-refractivity contribution is 8.47. The molecule has 80 valence electrons. The highest BCUT2D eigenvalue weighted by Gasteiger charge is 2.03. The van der Waals surface area contributed by atoms with Crippen LogP contribution in [0.15, 0.2) is 30.3 Å². The van der Waals surface area contributed by atoms with Gasteiger partial charge in [-0.15, -0.1) is 11.8 Å². The highest BCUT2D eigenvalue weighted by Crippen LogP contribution is 2.21. The average molecular weight is 258 g/mol. The second-order valence-corrected chi connectivity index (χ2v) is 5.86. The van der Waals surface area contributed by atoms with E-state index in [4.69, 9.17) is 17.3 Å². The molecule has 0 spiro atoms. The third-order valence-electron chi connectivity index (χ3n) is 1.51. The lowest BCUT2D eigenvalue weighted by Gasteiger charge is -2.01. The first-order chi connectivity index (χ1) is 7.18. The largest absolute Gasteiger partial charge is 0.481 e. The molecule has 2 nitrogen and oxygen atoms in total. The number of hydrogen-bond donors (Lipinski definition) is 1. The van der Waals surface area contributed by atoms with Crippen molar-refractivity contribution in [2.75, 3.05) is 5.75 Å². The van der Waals surface area contributed by atoms with Crippen molar-refractivity contribution < 1.29 is 9.90 Å². The maximum Gasteiger partial charge on any atom is 0.313 e. The quantitative estimate of drug-likeness (QED) is 0.840. The van der Waals surface area contributed by atoms with Gasteiger partial charge in [0.25, 0.3) is 0 Å². The Labute approximate surface area is 102 Å². The minimum atomic E-state index is -0.831. The molecule has 1 rings (SSSR count). The number of thioether (sulfide) groups is 2. The minimum absolute atomic E-state index is 0.0423. The third kappa shape index (κ3) is 5.81. The standard InChI is InChI=1S/C10H10O2S3/c11-9(12)7-15-10(13)14-6-8-4-2-1-3-5-8/h1-5H,6-7H2,(H,11,12). The van der Waals surface area contributed by atoms with Gasteiger partial charge in [-0.3, -0.25) is 4.79 Å². The lowest BCUT2D eigenvalue weighted by Crippen LogP contribution is -1.99. The van der Waals surface area contributed by atoms with Crippen LogP contribution in [0.1, 0.15) is 5.56 Å². The van der Waals surface area contributed by atoms with Gasteiger partial charge in [-0.05, 0) is 5.56 Å². The van der Waals surface area contributed by atoms with E-state index in [0.717, 1.165) is 5.75 Å². The Kier molecular flexibility index (Phi) is 5.75. The molecule has 0 heterocycles. The maximum absolute atomic E-state index is 10.3. The Morgan fingerprint density at radius 1 is 1.27 bits per heavy atom. The highest BCUT2D eigenvalue weighted by atomic mass is 32.2. The van der Waals surface area contributed by atoms with E-state index in [2.05, 4.69) is 0 Å². The number of thiocarbonyl (C=S) groups is 1. The summed E-state index contributed by atoms with van der Waals surface area (Å²) in [5.41, 5.74) is 1.20. The van der Waals surface area contributed by atoms with Gasteiger partial charge in [0.15, 0.2) is 0 Å². The summed E-state index contributed by atoms with van der Waals surface area (Å²) in [7, 11) is 0. The second kappa shape index (κ2) is 6.87. The third-order valence-corrected chi connectivity index (χ3v) is 4.27. The van der Waals surface area contributed by atoms with Gasteiger partial charge in [-0.25, -0.2) is 0 Å². The van der Waals surface area contributed by atoms with Gasteiger partial charge in [0.05, 0.1) is 5.75 Å². The summed E-state index contributed by atoms with van der Waals surface area (Å²) in [6, 6.07) is 9.97. The Bertz CT molecular complexity index is 338. The van der Waals surface area contributed by atoms with Crippen molar-refractivity contribution in [1.82, 2.24) is 0 Å². The van der Waals surface area contributed by atoms with E-state index < -0.39 is 5.97 Å². The zero-order valence-electron chi connectivity index (χ0n) is 7.88. The summed E-state index contributed by atoms with van der Waals surface area (Å²) >= 11 is 7.74. The zero-order chi connectivity index (χ0) is 11.1. The molecule has 15 heavy (non-hydrogen) atoms. The van der Waals surface area contributed by atoms with Gasteiger partial charge < -0.3 is 5.11 Å². The van der Waals surface area contributed by atoms with Crippen LogP contribution in [0.5, 0.6) is 0 Å². The second-order valence-electron chi connectivity index (χ2n) is 2.71. The number of aliphatic carboxylic acids is 1. The van der Waals surface area contributed by atoms with Crippen molar-refractivity contribution in [3.05, 3.63) is 35.9 Å². The number of carboxylic acids is 1. The molecule has 0 amide bonds. The molecule has 0 fully saturated rings. The van der Waals surface area contributed by atoms with Crippen molar-refractivity contribution in [3.63, 3.8) is 0 Å². The molecular weight excluding hydrogens is 248 g/mol. The van der Waals surface area contributed by atoms with Crippen LogP contribution in [-0.4, -0.2) is 20.4 Å². The number of hydrogen-bond acceptors (Lipinski definition) is 4. The predicted octanol–water partition coefficient (Wildman–Crippen LogP) is 3.02. The smallest absolute Gasteiger partial charge is 0.313 e. The normalized spacial score (nSPS) is 9.87. The zero-order valence-corrected chi connectivity index (χ0v) is 10.3. The van der Waals surface area contributed by atoms with E-state index >= 15 is 0 Å². The molecule has 0 saturated carbocycles. The molecule has 0 saturated heterocycles. The Hall–Kier alpha value is -0.520. The lowest BCUT2D eigenvalue weighted by atomic mass is 10.2. The number of rotatable bonds is 4. The van der Waals surface area contributed by atoms with Gasteiger partial charge >= 0.3 is 5.97 Å². The fraction of sp³-hybridized carbons (Fsp3) is 0.200. The molecular formula is C10H10O2S3. The van der Waals surface area contributed by atoms with Crippen LogP contribution in [0.4, 0.5) is 0 Å². The summed E-state index contributed by atoms with van der Waals surface area (Å²) in [5, 5.41) is 8.46. The van der Waals surface area contributed by atoms with Crippen LogP contribution in [-0.2, 0) is 10.5 Å². The fourth-order valence-electron chi connectivity index (χ4n) is 0.879. The summed E-state index contributed by atoms with van der Waals surface area (Å²) in [4.78, 5) is 10.3. The molecule has 0 aliphatic carbocycles. The van der Waals surface area contributed by atoms with Crippen LogP contribution >= 0.6 is 35.7 Å². The van der Waals surface area contributed by atoms with E-state index in [1.807, 2.05) is 30.3 Å². The van der Waals surface area contributed by atoms with E-state index in [-0.39, 0.29) is 5.75 Å². The Balaban J connectivity index is 2.26. The van der Waals surface area contributed by atoms with Gasteiger partial charge in [0.2, 0.25) is 0 Å². The molecule has 0 bridgehead atoms. The van der Waals surface area contributed by atoms with Crippen LogP contribution in [0.25, 0.3) is 0 Å². The van der Waals surface area contributed by atoms with Crippen LogP contribution in [0, 0.1) is 0 Å². The summed E-state index contributed by atoms with van der Waals surface area (Å²) < 4.78 is 0.682. The monoisotopic (exact) mass is 258 g/mol. The Morgan fingerprint density at radius 2 is 1.93 bits per heavy atom. The van der Waals surface area contributed by atoms with Gasteiger partial charge in [-0.2, -0.15) is 0 Å². The summed E-state index contributed by atoms with van der Waals surface area (Å²) in [6.07, 6.45) is 0. The molecule has 0 aliphatic heterocycles. The first kappa shape index (κ1) is 12.5. The lowest BCUT2D eigenvalue weighted by molar-refractivity contribution is -0.133. The van der Waals surface area contributed by atoms with E-state index in [9.17, 15) is 4.79 Å². The molecule has 5 heteroatoms. The molecule has 0 atom stereocenters. The SMILES string of the molecule is O=C(O)CSC(=S)SCc1ccccc1. The van der Waals surface area contributed by atoms with Gasteiger partial charge in [-0.1, -0.05) is 54.3 Å². The van der Waals surface area contributed by atoms with Gasteiger partial charge in [0, 0.05) is 5.75 Å². The molecule has 0 aromatic heterocycles. The molecule has 1 N–H and O–H groups in total. The van der Waals surface area contributed by atoms with E-state index in [1.165, 1.54) is 29.1 Å². The molecule has 1 aromatic carbocycles. The van der Waals surface area contributed by atoms with Crippen LogP contribution in [0.3, 0.4) is 0 Å². The van der Waals surface area contributed by atoms with Gasteiger partial charge in [0.1, 0.15) is 3.53 Å². The predicted molar refractivity (Wildman–Crippen MR) is 70.4 cm³/mol. The van der Waals surface area contributed by atoms with Crippen molar-refractivity contribution in [1.29, 1.82) is 0 Å². The first-order valence-corrected chi connectivity index (χ1v) is 6.61. The Morgan fingerprint density at radius 3 is 2.53 bits per heavy atom. The summed E-state index contributed by atoms with van der Waals surface area (Å²) in [5.74, 6) is 0.00932. The van der Waals surface area contributed by atoms with Crippen molar-refractivity contribution >= 4 is 45.2 Å². The number of carboxylic acid groups (broad SMARTS) is 1. The minimum Gasteiger partial charge on any atom is -0.481 e. The number of benzene rings is 1.